The average molecular weight is 494 g/mol. The molecule has 0 saturated heterocycles. The summed E-state index contributed by atoms with van der Waals surface area (Å²) in [5.74, 6) is -5.49. The van der Waals surface area contributed by atoms with Crippen LogP contribution in [0.15, 0.2) is 30.5 Å². The number of H-pyrrole nitrogens is 1. The number of benzene rings is 1. The first-order chi connectivity index (χ1) is 16.0. The van der Waals surface area contributed by atoms with Crippen LogP contribution in [-0.2, 0) is 30.4 Å². The molecule has 4 unspecified atom stereocenters. The molecule has 0 radical (unpaired) electrons. The van der Waals surface area contributed by atoms with Gasteiger partial charge in [-0.3, -0.25) is 19.2 Å². The van der Waals surface area contributed by atoms with Crippen LogP contribution < -0.4 is 21.7 Å². The number of rotatable bonds is 12. The highest BCUT2D eigenvalue weighted by Gasteiger charge is 2.31. The number of carbonyl (C=O) groups is 5. The Kier molecular flexibility index (Phi) is 9.45. The summed E-state index contributed by atoms with van der Waals surface area (Å²) in [6.45, 7) is 1.43. The molecule has 1 aromatic heterocycles. The van der Waals surface area contributed by atoms with Crippen LogP contribution in [0.2, 0.25) is 0 Å². The van der Waals surface area contributed by atoms with Crippen molar-refractivity contribution in [3.05, 3.63) is 36.0 Å². The highest BCUT2D eigenvalue weighted by molar-refractivity contribution is 7.80. The number of fused-ring (bicyclic) bond motifs is 1. The highest BCUT2D eigenvalue weighted by atomic mass is 32.1. The van der Waals surface area contributed by atoms with Crippen molar-refractivity contribution < 1.29 is 34.2 Å². The Morgan fingerprint density at radius 2 is 1.56 bits per heavy atom. The van der Waals surface area contributed by atoms with Crippen molar-refractivity contribution in [2.75, 3.05) is 5.75 Å². The number of carbonyl (C=O) groups excluding carboxylic acids is 3. The van der Waals surface area contributed by atoms with Crippen molar-refractivity contribution >= 4 is 53.2 Å². The molecule has 4 atom stereocenters. The smallest absolute Gasteiger partial charge is 0.327 e. The molecule has 0 aliphatic rings. The lowest BCUT2D eigenvalue weighted by Gasteiger charge is -2.24. The molecule has 2 aromatic rings. The minimum Gasteiger partial charge on any atom is -0.481 e. The monoisotopic (exact) mass is 493 g/mol. The molecular formula is C21H27N5O7S. The maximum absolute atomic E-state index is 13.1. The van der Waals surface area contributed by atoms with E-state index in [1.54, 1.807) is 6.20 Å². The molecule has 0 aliphatic heterocycles. The van der Waals surface area contributed by atoms with Gasteiger partial charge in [0, 0.05) is 29.3 Å². The molecule has 0 fully saturated rings. The number of aliphatic carboxylic acids is 2. The summed E-state index contributed by atoms with van der Waals surface area (Å²) in [4.78, 5) is 63.3. The predicted octanol–water partition coefficient (Wildman–Crippen LogP) is -0.999. The zero-order valence-electron chi connectivity index (χ0n) is 18.3. The molecule has 0 aliphatic carbocycles. The normalized spacial score (nSPS) is 14.4. The molecule has 0 saturated carbocycles. The Labute approximate surface area is 200 Å². The Bertz CT molecular complexity index is 1070. The number of amides is 3. The van der Waals surface area contributed by atoms with Gasteiger partial charge in [0.1, 0.15) is 18.1 Å². The minimum atomic E-state index is -1.59. The van der Waals surface area contributed by atoms with Gasteiger partial charge in [0.25, 0.3) is 0 Å². The van der Waals surface area contributed by atoms with Gasteiger partial charge in [0.05, 0.1) is 12.5 Å². The number of thiol groups is 1. The van der Waals surface area contributed by atoms with E-state index in [0.717, 1.165) is 10.9 Å². The Morgan fingerprint density at radius 3 is 2.15 bits per heavy atom. The average Bonchev–Trinajstić information content (AvgIpc) is 3.18. The maximum atomic E-state index is 13.1. The second kappa shape index (κ2) is 12.0. The van der Waals surface area contributed by atoms with Crippen molar-refractivity contribution in [3.63, 3.8) is 0 Å². The molecule has 1 heterocycles. The Morgan fingerprint density at radius 1 is 0.971 bits per heavy atom. The first kappa shape index (κ1) is 26.7. The maximum Gasteiger partial charge on any atom is 0.327 e. The standard InChI is InChI=1S/C21H27N5O7S/c1-10(22)18(29)24-14(6-11-8-23-13-5-3-2-4-12(11)13)19(30)25-15(7-17(27)28)20(31)26-16(9-34)21(32)33/h2-5,8,10,14-16,23,34H,6-7,9,22H2,1H3,(H,24,29)(H,25,30)(H,26,31)(H,27,28)(H,32,33). The van der Waals surface area contributed by atoms with Crippen LogP contribution in [0.25, 0.3) is 10.9 Å². The van der Waals surface area contributed by atoms with Crippen LogP contribution >= 0.6 is 12.6 Å². The summed E-state index contributed by atoms with van der Waals surface area (Å²) in [6, 6.07) is 2.20. The van der Waals surface area contributed by atoms with E-state index in [-0.39, 0.29) is 12.2 Å². The van der Waals surface area contributed by atoms with Crippen LogP contribution in [0.5, 0.6) is 0 Å². The molecule has 2 rings (SSSR count). The molecule has 8 N–H and O–H groups in total. The number of carboxylic acids is 2. The molecule has 34 heavy (non-hydrogen) atoms. The number of aromatic amines is 1. The second-order valence-corrected chi connectivity index (χ2v) is 8.02. The predicted molar refractivity (Wildman–Crippen MR) is 125 cm³/mol. The first-order valence-electron chi connectivity index (χ1n) is 10.3. The van der Waals surface area contributed by atoms with Gasteiger partial charge in [-0.25, -0.2) is 4.79 Å². The lowest BCUT2D eigenvalue weighted by atomic mass is 10.0. The summed E-state index contributed by atoms with van der Waals surface area (Å²) >= 11 is 3.84. The van der Waals surface area contributed by atoms with Gasteiger partial charge in [-0.05, 0) is 18.6 Å². The van der Waals surface area contributed by atoms with E-state index in [1.807, 2.05) is 24.3 Å². The van der Waals surface area contributed by atoms with E-state index in [9.17, 15) is 29.1 Å². The van der Waals surface area contributed by atoms with E-state index in [1.165, 1.54) is 6.92 Å². The zero-order chi connectivity index (χ0) is 25.4. The molecule has 0 spiro atoms. The van der Waals surface area contributed by atoms with Gasteiger partial charge in [0.15, 0.2) is 0 Å². The van der Waals surface area contributed by atoms with Gasteiger partial charge in [0.2, 0.25) is 17.7 Å². The van der Waals surface area contributed by atoms with Crippen molar-refractivity contribution in [2.45, 2.75) is 43.9 Å². The molecule has 12 nitrogen and oxygen atoms in total. The Balaban J connectivity index is 2.27. The van der Waals surface area contributed by atoms with Crippen LogP contribution in [0, 0.1) is 0 Å². The van der Waals surface area contributed by atoms with Crippen LogP contribution in [0.3, 0.4) is 0 Å². The third-order valence-corrected chi connectivity index (χ3v) is 5.32. The SMILES string of the molecule is CC(N)C(=O)NC(Cc1c[nH]c2ccccc12)C(=O)NC(CC(=O)O)C(=O)NC(CS)C(=O)O. The minimum absolute atomic E-state index is 0.0180. The van der Waals surface area contributed by atoms with Gasteiger partial charge in [-0.2, -0.15) is 12.6 Å². The Hall–Kier alpha value is -3.58. The summed E-state index contributed by atoms with van der Waals surface area (Å²) < 4.78 is 0. The molecular weight excluding hydrogens is 466 g/mol. The summed E-state index contributed by atoms with van der Waals surface area (Å²) in [6.07, 6.45) is 0.885. The van der Waals surface area contributed by atoms with Crippen molar-refractivity contribution in [1.82, 2.24) is 20.9 Å². The number of nitrogens with two attached hydrogens (primary N) is 1. The van der Waals surface area contributed by atoms with E-state index in [4.69, 9.17) is 10.8 Å². The van der Waals surface area contributed by atoms with E-state index < -0.39 is 60.2 Å². The number of carboxylic acid groups (broad SMARTS) is 2. The van der Waals surface area contributed by atoms with Gasteiger partial charge >= 0.3 is 11.9 Å². The van der Waals surface area contributed by atoms with Crippen LogP contribution in [0.1, 0.15) is 18.9 Å². The number of nitrogens with one attached hydrogen (secondary N) is 4. The van der Waals surface area contributed by atoms with Gasteiger partial charge < -0.3 is 36.9 Å². The van der Waals surface area contributed by atoms with Crippen molar-refractivity contribution in [3.8, 4) is 0 Å². The largest absolute Gasteiger partial charge is 0.481 e. The molecule has 0 bridgehead atoms. The summed E-state index contributed by atoms with van der Waals surface area (Å²) in [7, 11) is 0. The molecule has 1 aromatic carbocycles. The fourth-order valence-electron chi connectivity index (χ4n) is 3.15. The zero-order valence-corrected chi connectivity index (χ0v) is 19.2. The topological polar surface area (TPSA) is 204 Å². The lowest BCUT2D eigenvalue weighted by molar-refractivity contribution is -0.143. The number of aromatic nitrogens is 1. The fourth-order valence-corrected chi connectivity index (χ4v) is 3.39. The van der Waals surface area contributed by atoms with E-state index >= 15 is 0 Å². The van der Waals surface area contributed by atoms with Gasteiger partial charge in [-0.1, -0.05) is 18.2 Å². The number of hydrogen-bond donors (Lipinski definition) is 8. The fraction of sp³-hybridized carbons (Fsp3) is 0.381. The third kappa shape index (κ3) is 7.22. The molecule has 3 amide bonds. The molecule has 184 valence electrons. The van der Waals surface area contributed by atoms with Crippen LogP contribution in [0.4, 0.5) is 0 Å². The summed E-state index contributed by atoms with van der Waals surface area (Å²) in [5, 5.41) is 26.1. The lowest BCUT2D eigenvalue weighted by Crippen LogP contribution is -2.58. The third-order valence-electron chi connectivity index (χ3n) is 4.95. The quantitative estimate of drug-likeness (QED) is 0.172. The molecule has 13 heteroatoms. The van der Waals surface area contributed by atoms with E-state index in [0.29, 0.717) is 5.56 Å². The van der Waals surface area contributed by atoms with Crippen LogP contribution in [-0.4, -0.2) is 74.8 Å². The van der Waals surface area contributed by atoms with Crippen molar-refractivity contribution in [2.24, 2.45) is 5.73 Å². The summed E-state index contributed by atoms with van der Waals surface area (Å²) in [5.41, 5.74) is 7.11. The second-order valence-electron chi connectivity index (χ2n) is 7.65. The van der Waals surface area contributed by atoms with Crippen molar-refractivity contribution in [1.29, 1.82) is 0 Å². The van der Waals surface area contributed by atoms with E-state index in [2.05, 4.69) is 33.6 Å². The highest BCUT2D eigenvalue weighted by Crippen LogP contribution is 2.19. The van der Waals surface area contributed by atoms with Gasteiger partial charge in [-0.15, -0.1) is 0 Å². The number of hydrogen-bond acceptors (Lipinski definition) is 7. The number of para-hydroxylation sites is 1. The first-order valence-corrected chi connectivity index (χ1v) is 10.9.